The van der Waals surface area contributed by atoms with Crippen molar-refractivity contribution >= 4 is 17.9 Å². The highest BCUT2D eigenvalue weighted by Gasteiger charge is 2.19. The highest BCUT2D eigenvalue weighted by molar-refractivity contribution is 5.71. The summed E-state index contributed by atoms with van der Waals surface area (Å²) in [5.41, 5.74) is 0. The predicted octanol–water partition coefficient (Wildman–Crippen LogP) is 18.0. The van der Waals surface area contributed by atoms with Gasteiger partial charge in [-0.15, -0.1) is 0 Å². The van der Waals surface area contributed by atoms with E-state index >= 15 is 0 Å². The van der Waals surface area contributed by atoms with E-state index in [9.17, 15) is 14.4 Å². The van der Waals surface area contributed by atoms with Crippen LogP contribution in [0.5, 0.6) is 0 Å². The lowest BCUT2D eigenvalue weighted by Crippen LogP contribution is -2.30. The second kappa shape index (κ2) is 52.7. The van der Waals surface area contributed by atoms with Crippen molar-refractivity contribution in [3.05, 3.63) is 60.8 Å². The van der Waals surface area contributed by atoms with Gasteiger partial charge in [-0.1, -0.05) is 229 Å². The Morgan fingerprint density at radius 1 is 0.328 bits per heavy atom. The van der Waals surface area contributed by atoms with Crippen LogP contribution in [0.4, 0.5) is 0 Å². The Hall–Kier alpha value is -2.89. The highest BCUT2D eigenvalue weighted by Crippen LogP contribution is 2.15. The topological polar surface area (TPSA) is 78.9 Å². The van der Waals surface area contributed by atoms with Gasteiger partial charge >= 0.3 is 17.9 Å². The monoisotopic (exact) mass is 895 g/mol. The number of rotatable bonds is 49. The van der Waals surface area contributed by atoms with Crippen LogP contribution in [0.2, 0.25) is 0 Å². The summed E-state index contributed by atoms with van der Waals surface area (Å²) in [4.78, 5) is 38.0. The van der Waals surface area contributed by atoms with Gasteiger partial charge in [0.2, 0.25) is 0 Å². The van der Waals surface area contributed by atoms with Gasteiger partial charge in [-0.2, -0.15) is 0 Å². The zero-order chi connectivity index (χ0) is 46.5. The van der Waals surface area contributed by atoms with E-state index < -0.39 is 6.10 Å². The molecule has 0 saturated carbocycles. The third kappa shape index (κ3) is 50.1. The molecule has 0 fully saturated rings. The van der Waals surface area contributed by atoms with Crippen molar-refractivity contribution in [2.24, 2.45) is 0 Å². The molecule has 0 N–H and O–H groups in total. The zero-order valence-corrected chi connectivity index (χ0v) is 42.3. The molecule has 370 valence electrons. The molecule has 0 aromatic rings. The summed E-state index contributed by atoms with van der Waals surface area (Å²) < 4.78 is 16.8. The second-order valence-corrected chi connectivity index (χ2v) is 18.1. The standard InChI is InChI=1S/C58H102O6/c1-4-7-10-13-16-19-22-25-27-28-29-30-31-34-36-39-42-45-48-51-57(60)63-54-55(53-62-56(59)50-47-44-41-38-35-32-24-21-18-15-12-9-6-3)64-58(61)52-49-46-43-40-37-33-26-23-20-17-14-11-8-5-2/h7,10,16,19,21,24-25,27,29-30,55H,4-6,8-9,11-15,17-18,20,22-23,26,28,31-54H2,1-3H3/b10-7-,19-16-,24-21-,27-25-,30-29-. The van der Waals surface area contributed by atoms with Crippen molar-refractivity contribution in [1.29, 1.82) is 0 Å². The van der Waals surface area contributed by atoms with Gasteiger partial charge in [0.05, 0.1) is 0 Å². The van der Waals surface area contributed by atoms with Crippen LogP contribution < -0.4 is 0 Å². The number of carbonyl (C=O) groups is 3. The Morgan fingerprint density at radius 3 is 0.984 bits per heavy atom. The first-order chi connectivity index (χ1) is 31.5. The van der Waals surface area contributed by atoms with Crippen LogP contribution in [-0.4, -0.2) is 37.2 Å². The lowest BCUT2D eigenvalue weighted by atomic mass is 10.0. The third-order valence-corrected chi connectivity index (χ3v) is 11.8. The largest absolute Gasteiger partial charge is 0.462 e. The first-order valence-corrected chi connectivity index (χ1v) is 27.3. The van der Waals surface area contributed by atoms with Crippen LogP contribution in [0.25, 0.3) is 0 Å². The summed E-state index contributed by atoms with van der Waals surface area (Å²) in [6.07, 6.45) is 64.9. The van der Waals surface area contributed by atoms with E-state index in [0.29, 0.717) is 19.3 Å². The van der Waals surface area contributed by atoms with E-state index in [0.717, 1.165) is 96.3 Å². The maximum atomic E-state index is 12.8. The van der Waals surface area contributed by atoms with Crippen molar-refractivity contribution in [3.63, 3.8) is 0 Å². The minimum Gasteiger partial charge on any atom is -0.462 e. The maximum Gasteiger partial charge on any atom is 0.306 e. The number of hydrogen-bond donors (Lipinski definition) is 0. The number of allylic oxidation sites excluding steroid dienone is 10. The zero-order valence-electron chi connectivity index (χ0n) is 42.3. The van der Waals surface area contributed by atoms with Crippen LogP contribution in [0.15, 0.2) is 60.8 Å². The molecule has 0 aliphatic heterocycles. The van der Waals surface area contributed by atoms with E-state index in [1.807, 2.05) is 0 Å². The molecule has 0 rings (SSSR count). The van der Waals surface area contributed by atoms with Gasteiger partial charge in [-0.05, 0) is 83.5 Å². The molecule has 0 aliphatic rings. The number of unbranched alkanes of at least 4 members (excludes halogenated alkanes) is 28. The Morgan fingerprint density at radius 2 is 0.609 bits per heavy atom. The molecule has 64 heavy (non-hydrogen) atoms. The van der Waals surface area contributed by atoms with Gasteiger partial charge in [0.1, 0.15) is 13.2 Å². The SMILES string of the molecule is CC/C=C\C/C=C\C/C=C\C/C=C\CCCCCCCCC(=O)OCC(COC(=O)CCCCCCC/C=C\CCCCCC)OC(=O)CCCCCCCCCCCCCCCC. The van der Waals surface area contributed by atoms with Crippen LogP contribution in [0, 0.1) is 0 Å². The maximum absolute atomic E-state index is 12.8. The molecule has 0 bridgehead atoms. The van der Waals surface area contributed by atoms with Crippen molar-refractivity contribution in [3.8, 4) is 0 Å². The molecular formula is C58H102O6. The fourth-order valence-corrected chi connectivity index (χ4v) is 7.66. The predicted molar refractivity (Wildman–Crippen MR) is 275 cm³/mol. The lowest BCUT2D eigenvalue weighted by Gasteiger charge is -2.18. The molecule has 0 heterocycles. The van der Waals surface area contributed by atoms with Crippen molar-refractivity contribution < 1.29 is 28.6 Å². The quantitative estimate of drug-likeness (QED) is 0.0262. The number of esters is 3. The van der Waals surface area contributed by atoms with E-state index in [-0.39, 0.29) is 31.1 Å². The van der Waals surface area contributed by atoms with Gasteiger partial charge in [0.15, 0.2) is 6.10 Å². The average Bonchev–Trinajstić information content (AvgIpc) is 3.29. The highest BCUT2D eigenvalue weighted by atomic mass is 16.6. The van der Waals surface area contributed by atoms with Crippen LogP contribution in [-0.2, 0) is 28.6 Å². The molecule has 1 atom stereocenters. The molecule has 0 aromatic carbocycles. The van der Waals surface area contributed by atoms with E-state index in [4.69, 9.17) is 14.2 Å². The Labute approximate surface area is 396 Å². The van der Waals surface area contributed by atoms with Crippen LogP contribution in [0.1, 0.15) is 271 Å². The molecular weight excluding hydrogens is 793 g/mol. The Kier molecular flexibility index (Phi) is 50.4. The lowest BCUT2D eigenvalue weighted by molar-refractivity contribution is -0.167. The van der Waals surface area contributed by atoms with E-state index in [1.54, 1.807) is 0 Å². The first kappa shape index (κ1) is 61.1. The third-order valence-electron chi connectivity index (χ3n) is 11.8. The minimum absolute atomic E-state index is 0.0811. The molecule has 0 aromatic heterocycles. The first-order valence-electron chi connectivity index (χ1n) is 27.3. The summed E-state index contributed by atoms with van der Waals surface area (Å²) in [6, 6.07) is 0. The van der Waals surface area contributed by atoms with Crippen molar-refractivity contribution in [1.82, 2.24) is 0 Å². The van der Waals surface area contributed by atoms with E-state index in [2.05, 4.69) is 81.5 Å². The summed E-state index contributed by atoms with van der Waals surface area (Å²) >= 11 is 0. The summed E-state index contributed by atoms with van der Waals surface area (Å²) in [6.45, 7) is 6.51. The Bertz CT molecular complexity index is 1170. The van der Waals surface area contributed by atoms with Gasteiger partial charge in [-0.25, -0.2) is 0 Å². The molecule has 0 spiro atoms. The van der Waals surface area contributed by atoms with Crippen molar-refractivity contribution in [2.45, 2.75) is 277 Å². The Balaban J connectivity index is 4.38. The number of carbonyl (C=O) groups excluding carboxylic acids is 3. The molecule has 0 saturated heterocycles. The molecule has 6 nitrogen and oxygen atoms in total. The summed E-state index contributed by atoms with van der Waals surface area (Å²) in [7, 11) is 0. The number of hydrogen-bond acceptors (Lipinski definition) is 6. The normalized spacial score (nSPS) is 12.5. The van der Waals surface area contributed by atoms with Crippen LogP contribution >= 0.6 is 0 Å². The fraction of sp³-hybridized carbons (Fsp3) is 0.776. The second-order valence-electron chi connectivity index (χ2n) is 18.1. The smallest absolute Gasteiger partial charge is 0.306 e. The summed E-state index contributed by atoms with van der Waals surface area (Å²) in [5, 5.41) is 0. The molecule has 1 unspecified atom stereocenters. The van der Waals surface area contributed by atoms with Gasteiger partial charge in [0, 0.05) is 19.3 Å². The molecule has 0 radical (unpaired) electrons. The van der Waals surface area contributed by atoms with Crippen LogP contribution in [0.3, 0.4) is 0 Å². The average molecular weight is 895 g/mol. The van der Waals surface area contributed by atoms with Gasteiger partial charge in [-0.3, -0.25) is 14.4 Å². The van der Waals surface area contributed by atoms with Crippen molar-refractivity contribution in [2.75, 3.05) is 13.2 Å². The summed E-state index contributed by atoms with van der Waals surface area (Å²) in [5.74, 6) is -0.894. The molecule has 6 heteroatoms. The number of ether oxygens (including phenoxy) is 3. The van der Waals surface area contributed by atoms with E-state index in [1.165, 1.54) is 135 Å². The minimum atomic E-state index is -0.781. The fourth-order valence-electron chi connectivity index (χ4n) is 7.66. The molecule has 0 aliphatic carbocycles. The van der Waals surface area contributed by atoms with Gasteiger partial charge in [0.25, 0.3) is 0 Å². The molecule has 0 amide bonds. The van der Waals surface area contributed by atoms with Gasteiger partial charge < -0.3 is 14.2 Å².